The van der Waals surface area contributed by atoms with Gasteiger partial charge in [0.05, 0.1) is 10.6 Å². The number of hydrogen-bond acceptors (Lipinski definition) is 7. The van der Waals surface area contributed by atoms with Crippen LogP contribution >= 0.6 is 34.0 Å². The van der Waals surface area contributed by atoms with E-state index in [4.69, 9.17) is 4.98 Å². The van der Waals surface area contributed by atoms with Crippen LogP contribution in [0.15, 0.2) is 47.3 Å². The van der Waals surface area contributed by atoms with Gasteiger partial charge >= 0.3 is 5.97 Å². The van der Waals surface area contributed by atoms with Gasteiger partial charge in [-0.15, -0.1) is 34.0 Å². The topological polar surface area (TPSA) is 75.1 Å². The molecule has 5 nitrogen and oxygen atoms in total. The van der Waals surface area contributed by atoms with Gasteiger partial charge in [-0.3, -0.25) is 0 Å². The van der Waals surface area contributed by atoms with E-state index in [9.17, 15) is 9.90 Å². The summed E-state index contributed by atoms with van der Waals surface area (Å²) in [6.07, 6.45) is 2.62. The highest BCUT2D eigenvalue weighted by Gasteiger charge is 2.19. The van der Waals surface area contributed by atoms with Crippen molar-refractivity contribution in [1.82, 2.24) is 9.97 Å². The number of rotatable bonds is 7. The highest BCUT2D eigenvalue weighted by Crippen LogP contribution is 2.37. The van der Waals surface area contributed by atoms with E-state index in [1.54, 1.807) is 46.3 Å². The van der Waals surface area contributed by atoms with Crippen LogP contribution in [0.5, 0.6) is 0 Å². The largest absolute Gasteiger partial charge is 0.478 e. The summed E-state index contributed by atoms with van der Waals surface area (Å²) in [5.74, 6) is -0.212. The molecule has 0 atom stereocenters. The molecule has 0 spiro atoms. The van der Waals surface area contributed by atoms with Crippen LogP contribution in [0.1, 0.15) is 29.1 Å². The average molecular weight is 442 g/mol. The van der Waals surface area contributed by atoms with Gasteiger partial charge in [-0.25, -0.2) is 14.8 Å². The average Bonchev–Trinajstić information content (AvgIpc) is 3.43. The molecule has 0 aliphatic heterocycles. The van der Waals surface area contributed by atoms with Gasteiger partial charge in [-0.1, -0.05) is 26.0 Å². The summed E-state index contributed by atoms with van der Waals surface area (Å²) >= 11 is 4.76. The van der Waals surface area contributed by atoms with Gasteiger partial charge in [0.15, 0.2) is 5.13 Å². The maximum absolute atomic E-state index is 11.8. The number of anilines is 2. The van der Waals surface area contributed by atoms with Gasteiger partial charge in [0.25, 0.3) is 0 Å². The minimum absolute atomic E-state index is 0.134. The number of nitrogens with one attached hydrogen (secondary N) is 1. The summed E-state index contributed by atoms with van der Waals surface area (Å²) in [6.45, 7) is 4.36. The zero-order valence-corrected chi connectivity index (χ0v) is 18.3. The van der Waals surface area contributed by atoms with E-state index < -0.39 is 5.97 Å². The number of pyridine rings is 1. The first-order valence-corrected chi connectivity index (χ1v) is 11.7. The Kier molecular flexibility index (Phi) is 5.75. The summed E-state index contributed by atoms with van der Waals surface area (Å²) < 4.78 is 0. The second-order valence-electron chi connectivity index (χ2n) is 6.89. The molecule has 4 rings (SSSR count). The van der Waals surface area contributed by atoms with E-state index in [0.29, 0.717) is 16.9 Å². The zero-order valence-electron chi connectivity index (χ0n) is 15.9. The lowest BCUT2D eigenvalue weighted by molar-refractivity contribution is 0.0697. The van der Waals surface area contributed by atoms with Crippen LogP contribution < -0.4 is 5.32 Å². The SMILES string of the molecule is CC(C)Cc1sc(Nc2ncc(-c3cccs3)cc2C(=O)O)nc1-c1cccs1. The lowest BCUT2D eigenvalue weighted by Crippen LogP contribution is -2.05. The number of aromatic carboxylic acids is 1. The Morgan fingerprint density at radius 1 is 1.17 bits per heavy atom. The molecule has 0 fully saturated rings. The molecule has 0 saturated carbocycles. The van der Waals surface area contributed by atoms with Crippen LogP contribution in [-0.4, -0.2) is 21.0 Å². The van der Waals surface area contributed by atoms with Crippen LogP contribution in [0, 0.1) is 5.92 Å². The van der Waals surface area contributed by atoms with Gasteiger partial charge in [-0.05, 0) is 41.3 Å². The summed E-state index contributed by atoms with van der Waals surface area (Å²) in [5, 5.41) is 17.5. The minimum Gasteiger partial charge on any atom is -0.478 e. The van der Waals surface area contributed by atoms with Gasteiger partial charge in [0.2, 0.25) is 0 Å². The fraction of sp³-hybridized carbons (Fsp3) is 0.190. The van der Waals surface area contributed by atoms with Crippen molar-refractivity contribution in [3.8, 4) is 21.0 Å². The third-order valence-electron chi connectivity index (χ3n) is 4.19. The van der Waals surface area contributed by atoms with Crippen LogP contribution in [-0.2, 0) is 6.42 Å². The summed E-state index contributed by atoms with van der Waals surface area (Å²) in [5.41, 5.74) is 1.89. The number of hydrogen-bond donors (Lipinski definition) is 2. The Bertz CT molecular complexity index is 1120. The van der Waals surface area contributed by atoms with Gasteiger partial charge < -0.3 is 10.4 Å². The second-order valence-corrected chi connectivity index (χ2v) is 9.87. The van der Waals surface area contributed by atoms with Crippen molar-refractivity contribution >= 4 is 50.9 Å². The number of aromatic nitrogens is 2. The fourth-order valence-corrected chi connectivity index (χ4v) is 5.63. The summed E-state index contributed by atoms with van der Waals surface area (Å²) in [4.78, 5) is 24.3. The standard InChI is InChI=1S/C21H19N3O2S3/c1-12(2)9-17-18(16-6-4-8-28-16)23-21(29-17)24-19-14(20(25)26)10-13(11-22-19)15-5-3-7-27-15/h3-8,10-12H,9H2,1-2H3,(H,25,26)(H,22,23,24). The van der Waals surface area contributed by atoms with E-state index in [2.05, 4.69) is 30.2 Å². The molecular weight excluding hydrogens is 422 g/mol. The maximum atomic E-state index is 11.8. The van der Waals surface area contributed by atoms with E-state index >= 15 is 0 Å². The Labute approximate surface area is 180 Å². The quantitative estimate of drug-likeness (QED) is 0.336. The van der Waals surface area contributed by atoms with Crippen molar-refractivity contribution in [2.45, 2.75) is 20.3 Å². The molecule has 4 aromatic rings. The Hall–Kier alpha value is -2.55. The highest BCUT2D eigenvalue weighted by atomic mass is 32.1. The Balaban J connectivity index is 1.69. The molecule has 4 heterocycles. The first kappa shape index (κ1) is 19.8. The van der Waals surface area contributed by atoms with E-state index in [-0.39, 0.29) is 5.56 Å². The molecule has 29 heavy (non-hydrogen) atoms. The maximum Gasteiger partial charge on any atom is 0.339 e. The fourth-order valence-electron chi connectivity index (χ4n) is 2.93. The molecule has 0 aliphatic carbocycles. The molecule has 4 aromatic heterocycles. The molecule has 0 amide bonds. The number of carbonyl (C=O) groups is 1. The molecule has 0 saturated heterocycles. The molecule has 0 aliphatic rings. The van der Waals surface area contributed by atoms with Crippen molar-refractivity contribution < 1.29 is 9.90 Å². The summed E-state index contributed by atoms with van der Waals surface area (Å²) in [7, 11) is 0. The molecule has 0 bridgehead atoms. The van der Waals surface area contributed by atoms with Crippen molar-refractivity contribution in [1.29, 1.82) is 0 Å². The molecule has 2 N–H and O–H groups in total. The number of nitrogens with zero attached hydrogens (tertiary/aromatic N) is 2. The highest BCUT2D eigenvalue weighted by molar-refractivity contribution is 7.17. The smallest absolute Gasteiger partial charge is 0.339 e. The lowest BCUT2D eigenvalue weighted by atomic mass is 10.1. The van der Waals surface area contributed by atoms with Crippen LogP contribution in [0.3, 0.4) is 0 Å². The molecule has 0 radical (unpaired) electrons. The van der Waals surface area contributed by atoms with E-state index in [0.717, 1.165) is 27.4 Å². The first-order chi connectivity index (χ1) is 14.0. The third kappa shape index (κ3) is 4.39. The number of carboxylic acid groups (broad SMARTS) is 1. The predicted molar refractivity (Wildman–Crippen MR) is 122 cm³/mol. The molecule has 0 unspecified atom stereocenters. The Morgan fingerprint density at radius 2 is 1.90 bits per heavy atom. The first-order valence-electron chi connectivity index (χ1n) is 9.09. The van der Waals surface area contributed by atoms with Crippen LogP contribution in [0.2, 0.25) is 0 Å². The van der Waals surface area contributed by atoms with Crippen molar-refractivity contribution in [3.05, 3.63) is 57.7 Å². The normalized spacial score (nSPS) is 11.1. The third-order valence-corrected chi connectivity index (χ3v) is 6.98. The lowest BCUT2D eigenvalue weighted by Gasteiger charge is -2.07. The van der Waals surface area contributed by atoms with E-state index in [1.807, 2.05) is 29.0 Å². The van der Waals surface area contributed by atoms with Crippen molar-refractivity contribution in [2.75, 3.05) is 5.32 Å². The predicted octanol–water partition coefficient (Wildman–Crippen LogP) is 6.64. The zero-order chi connectivity index (χ0) is 20.4. The van der Waals surface area contributed by atoms with Crippen molar-refractivity contribution in [3.63, 3.8) is 0 Å². The van der Waals surface area contributed by atoms with Gasteiger partial charge in [0, 0.05) is 21.5 Å². The Morgan fingerprint density at radius 3 is 2.52 bits per heavy atom. The molecule has 8 heteroatoms. The second kappa shape index (κ2) is 8.44. The minimum atomic E-state index is -1.02. The van der Waals surface area contributed by atoms with Crippen LogP contribution in [0.25, 0.3) is 21.0 Å². The van der Waals surface area contributed by atoms with Gasteiger partial charge in [0.1, 0.15) is 11.4 Å². The van der Waals surface area contributed by atoms with Crippen molar-refractivity contribution in [2.24, 2.45) is 5.92 Å². The number of carboxylic acids is 1. The van der Waals surface area contributed by atoms with Crippen LogP contribution in [0.4, 0.5) is 10.9 Å². The van der Waals surface area contributed by atoms with Gasteiger partial charge in [-0.2, -0.15) is 0 Å². The molecular formula is C21H19N3O2S3. The van der Waals surface area contributed by atoms with E-state index in [1.165, 1.54) is 4.88 Å². The summed E-state index contributed by atoms with van der Waals surface area (Å²) in [6, 6.07) is 9.62. The monoisotopic (exact) mass is 441 g/mol. The number of thiophene rings is 2. The molecule has 0 aromatic carbocycles. The number of thiazole rings is 1. The molecule has 148 valence electrons.